The molecule has 1 aromatic heterocycles. The molecule has 3 rings (SSSR count). The van der Waals surface area contributed by atoms with E-state index in [1.54, 1.807) is 7.11 Å². The van der Waals surface area contributed by atoms with Gasteiger partial charge in [-0.2, -0.15) is 4.98 Å². The van der Waals surface area contributed by atoms with Crippen LogP contribution in [0.4, 0.5) is 11.8 Å². The normalized spacial score (nSPS) is 14.9. The number of methoxy groups -OCH3 is 1. The lowest BCUT2D eigenvalue weighted by atomic mass is 10.1. The first-order valence-corrected chi connectivity index (χ1v) is 8.78. The number of ether oxygens (including phenoxy) is 1. The number of aromatic nitrogens is 2. The van der Waals surface area contributed by atoms with Gasteiger partial charge in [0, 0.05) is 37.9 Å². The molecule has 0 bridgehead atoms. The summed E-state index contributed by atoms with van der Waals surface area (Å²) in [6.07, 6.45) is 0.864. The third kappa shape index (κ3) is 3.87. The van der Waals surface area contributed by atoms with Crippen LogP contribution in [0.2, 0.25) is 0 Å². The molecule has 1 amide bonds. The van der Waals surface area contributed by atoms with Crippen LogP contribution in [0.25, 0.3) is 0 Å². The Labute approximate surface area is 153 Å². The van der Waals surface area contributed by atoms with Crippen molar-refractivity contribution in [1.82, 2.24) is 14.9 Å². The molecule has 0 spiro atoms. The van der Waals surface area contributed by atoms with E-state index in [9.17, 15) is 4.79 Å². The number of anilines is 2. The van der Waals surface area contributed by atoms with E-state index in [0.29, 0.717) is 30.9 Å². The van der Waals surface area contributed by atoms with Crippen LogP contribution in [0.5, 0.6) is 5.75 Å². The zero-order chi connectivity index (χ0) is 18.7. The van der Waals surface area contributed by atoms with E-state index >= 15 is 0 Å². The van der Waals surface area contributed by atoms with Crippen molar-refractivity contribution >= 4 is 17.7 Å². The third-order valence-electron chi connectivity index (χ3n) is 4.55. The fraction of sp³-hybridized carbons (Fsp3) is 0.421. The maximum Gasteiger partial charge on any atom is 0.257 e. The minimum atomic E-state index is 0.00193. The highest BCUT2D eigenvalue weighted by Crippen LogP contribution is 2.23. The van der Waals surface area contributed by atoms with E-state index in [1.807, 2.05) is 43.0 Å². The number of nitrogens with zero attached hydrogens (tertiary/aromatic N) is 4. The van der Waals surface area contributed by atoms with Crippen molar-refractivity contribution in [3.05, 3.63) is 41.1 Å². The lowest BCUT2D eigenvalue weighted by Gasteiger charge is -2.23. The molecule has 7 heteroatoms. The molecule has 1 aliphatic heterocycles. The van der Waals surface area contributed by atoms with Crippen molar-refractivity contribution in [2.24, 2.45) is 0 Å². The molecule has 0 unspecified atom stereocenters. The molecule has 1 aromatic carbocycles. The average molecular weight is 355 g/mol. The second-order valence-electron chi connectivity index (χ2n) is 6.56. The Kier molecular flexibility index (Phi) is 5.25. The zero-order valence-electron chi connectivity index (χ0n) is 15.5. The van der Waals surface area contributed by atoms with Crippen molar-refractivity contribution in [2.45, 2.75) is 20.3 Å². The summed E-state index contributed by atoms with van der Waals surface area (Å²) in [6.45, 7) is 6.74. The van der Waals surface area contributed by atoms with Crippen LogP contribution in [0.3, 0.4) is 0 Å². The number of nitrogens with two attached hydrogens (primary N) is 1. The van der Waals surface area contributed by atoms with Crippen molar-refractivity contribution in [3.63, 3.8) is 0 Å². The summed E-state index contributed by atoms with van der Waals surface area (Å²) in [4.78, 5) is 25.5. The first kappa shape index (κ1) is 18.0. The molecule has 2 heterocycles. The summed E-state index contributed by atoms with van der Waals surface area (Å²) < 4.78 is 5.40. The Morgan fingerprint density at radius 1 is 1.12 bits per heavy atom. The van der Waals surface area contributed by atoms with E-state index in [-0.39, 0.29) is 11.9 Å². The molecule has 0 aliphatic carbocycles. The fourth-order valence-corrected chi connectivity index (χ4v) is 3.23. The Bertz CT molecular complexity index is 788. The Hall–Kier alpha value is -2.83. The van der Waals surface area contributed by atoms with Gasteiger partial charge in [-0.05, 0) is 38.0 Å². The number of hydrogen-bond acceptors (Lipinski definition) is 6. The smallest absolute Gasteiger partial charge is 0.257 e. The summed E-state index contributed by atoms with van der Waals surface area (Å²) in [6, 6.07) is 7.60. The van der Waals surface area contributed by atoms with Gasteiger partial charge in [-0.25, -0.2) is 4.98 Å². The summed E-state index contributed by atoms with van der Waals surface area (Å²) in [7, 11) is 1.59. The van der Waals surface area contributed by atoms with Crippen LogP contribution in [-0.4, -0.2) is 54.1 Å². The van der Waals surface area contributed by atoms with Crippen LogP contribution in [0, 0.1) is 13.8 Å². The quantitative estimate of drug-likeness (QED) is 0.907. The van der Waals surface area contributed by atoms with Crippen molar-refractivity contribution in [1.29, 1.82) is 0 Å². The molecular weight excluding hydrogens is 330 g/mol. The molecule has 1 aliphatic rings. The van der Waals surface area contributed by atoms with Crippen LogP contribution in [0.1, 0.15) is 28.0 Å². The fourth-order valence-electron chi connectivity index (χ4n) is 3.23. The van der Waals surface area contributed by atoms with Gasteiger partial charge in [0.05, 0.1) is 12.7 Å². The first-order valence-electron chi connectivity index (χ1n) is 8.78. The highest BCUT2D eigenvalue weighted by atomic mass is 16.5. The van der Waals surface area contributed by atoms with Gasteiger partial charge in [0.25, 0.3) is 5.91 Å². The maximum absolute atomic E-state index is 13.0. The van der Waals surface area contributed by atoms with Gasteiger partial charge in [0.15, 0.2) is 0 Å². The van der Waals surface area contributed by atoms with E-state index in [0.717, 1.165) is 30.0 Å². The van der Waals surface area contributed by atoms with Gasteiger partial charge in [-0.15, -0.1) is 0 Å². The molecule has 0 saturated carbocycles. The van der Waals surface area contributed by atoms with Gasteiger partial charge in [-0.1, -0.05) is 6.07 Å². The zero-order valence-corrected chi connectivity index (χ0v) is 15.5. The second-order valence-corrected chi connectivity index (χ2v) is 6.56. The van der Waals surface area contributed by atoms with Crippen molar-refractivity contribution in [3.8, 4) is 5.75 Å². The minimum absolute atomic E-state index is 0.00193. The largest absolute Gasteiger partial charge is 0.496 e. The number of nitrogen functional groups attached to an aromatic ring is 1. The molecular formula is C19H25N5O2. The average Bonchev–Trinajstić information content (AvgIpc) is 2.86. The Morgan fingerprint density at radius 2 is 1.92 bits per heavy atom. The highest BCUT2D eigenvalue weighted by molar-refractivity contribution is 5.97. The number of aryl methyl sites for hydroxylation is 2. The first-order chi connectivity index (χ1) is 12.5. The Balaban J connectivity index is 1.75. The predicted molar refractivity (Wildman–Crippen MR) is 102 cm³/mol. The monoisotopic (exact) mass is 355 g/mol. The SMILES string of the molecule is COc1cc(C)ccc1C(=O)N1CCCN(c2cc(C)nc(N)n2)CC1. The van der Waals surface area contributed by atoms with Crippen LogP contribution in [-0.2, 0) is 0 Å². The number of benzene rings is 1. The summed E-state index contributed by atoms with van der Waals surface area (Å²) >= 11 is 0. The molecule has 1 saturated heterocycles. The van der Waals surface area contributed by atoms with E-state index in [1.165, 1.54) is 0 Å². The van der Waals surface area contributed by atoms with Crippen LogP contribution in [0.15, 0.2) is 24.3 Å². The van der Waals surface area contributed by atoms with Crippen molar-refractivity contribution in [2.75, 3.05) is 43.9 Å². The molecule has 0 radical (unpaired) electrons. The number of carbonyl (C=O) groups is 1. The molecule has 7 nitrogen and oxygen atoms in total. The van der Waals surface area contributed by atoms with Crippen LogP contribution < -0.4 is 15.4 Å². The number of amides is 1. The molecule has 26 heavy (non-hydrogen) atoms. The van der Waals surface area contributed by atoms with E-state index in [2.05, 4.69) is 14.9 Å². The van der Waals surface area contributed by atoms with E-state index < -0.39 is 0 Å². The molecule has 2 aromatic rings. The number of hydrogen-bond donors (Lipinski definition) is 1. The minimum Gasteiger partial charge on any atom is -0.496 e. The second kappa shape index (κ2) is 7.59. The van der Waals surface area contributed by atoms with Gasteiger partial charge >= 0.3 is 0 Å². The summed E-state index contributed by atoms with van der Waals surface area (Å²) in [5, 5.41) is 0. The topological polar surface area (TPSA) is 84.6 Å². The summed E-state index contributed by atoms with van der Waals surface area (Å²) in [5.41, 5.74) is 8.29. The van der Waals surface area contributed by atoms with Crippen molar-refractivity contribution < 1.29 is 9.53 Å². The number of rotatable bonds is 3. The molecule has 1 fully saturated rings. The lowest BCUT2D eigenvalue weighted by Crippen LogP contribution is -2.35. The predicted octanol–water partition coefficient (Wildman–Crippen LogP) is 2.04. The highest BCUT2D eigenvalue weighted by Gasteiger charge is 2.23. The molecule has 2 N–H and O–H groups in total. The van der Waals surface area contributed by atoms with Gasteiger partial charge in [-0.3, -0.25) is 4.79 Å². The van der Waals surface area contributed by atoms with Gasteiger partial charge in [0.2, 0.25) is 5.95 Å². The Morgan fingerprint density at radius 3 is 2.65 bits per heavy atom. The molecule has 138 valence electrons. The molecule has 0 atom stereocenters. The summed E-state index contributed by atoms with van der Waals surface area (Å²) in [5.74, 6) is 1.72. The van der Waals surface area contributed by atoms with Gasteiger partial charge < -0.3 is 20.3 Å². The third-order valence-corrected chi connectivity index (χ3v) is 4.55. The number of carbonyl (C=O) groups excluding carboxylic acids is 1. The standard InChI is InChI=1S/C19H25N5O2/c1-13-5-6-15(16(11-13)26-3)18(25)24-8-4-7-23(9-10-24)17-12-14(2)21-19(20)22-17/h5-6,11-12H,4,7-10H2,1-3H3,(H2,20,21,22). The lowest BCUT2D eigenvalue weighted by molar-refractivity contribution is 0.0763. The maximum atomic E-state index is 13.0. The van der Waals surface area contributed by atoms with E-state index in [4.69, 9.17) is 10.5 Å². The van der Waals surface area contributed by atoms with Gasteiger partial charge in [0.1, 0.15) is 11.6 Å². The van der Waals surface area contributed by atoms with Crippen LogP contribution >= 0.6 is 0 Å².